The van der Waals surface area contributed by atoms with E-state index in [1.807, 2.05) is 0 Å². The highest BCUT2D eigenvalue weighted by molar-refractivity contribution is 6.33. The lowest BCUT2D eigenvalue weighted by atomic mass is 10.2. The fourth-order valence-electron chi connectivity index (χ4n) is 1.59. The molecule has 0 aliphatic carbocycles. The first-order valence-corrected chi connectivity index (χ1v) is 5.39. The van der Waals surface area contributed by atoms with Crippen molar-refractivity contribution in [3.05, 3.63) is 29.3 Å². The zero-order valence-corrected chi connectivity index (χ0v) is 9.25. The molecular formula is C11H11ClN2O2. The van der Waals surface area contributed by atoms with Crippen molar-refractivity contribution < 1.29 is 9.59 Å². The van der Waals surface area contributed by atoms with E-state index in [0.29, 0.717) is 23.6 Å². The van der Waals surface area contributed by atoms with Gasteiger partial charge in [0.25, 0.3) is 0 Å². The van der Waals surface area contributed by atoms with Crippen molar-refractivity contribution in [3.63, 3.8) is 0 Å². The Bertz CT molecular complexity index is 434. The Labute approximate surface area is 98.0 Å². The van der Waals surface area contributed by atoms with Crippen LogP contribution in [0.15, 0.2) is 24.3 Å². The van der Waals surface area contributed by atoms with Gasteiger partial charge in [0.1, 0.15) is 6.04 Å². The van der Waals surface area contributed by atoms with Gasteiger partial charge in [0.2, 0.25) is 11.8 Å². The van der Waals surface area contributed by atoms with Crippen LogP contribution in [0, 0.1) is 0 Å². The fourth-order valence-corrected chi connectivity index (χ4v) is 1.78. The summed E-state index contributed by atoms with van der Waals surface area (Å²) in [4.78, 5) is 22.7. The van der Waals surface area contributed by atoms with Gasteiger partial charge in [-0.2, -0.15) is 0 Å². The summed E-state index contributed by atoms with van der Waals surface area (Å²) in [6, 6.07) is 6.55. The van der Waals surface area contributed by atoms with Crippen LogP contribution < -0.4 is 10.6 Å². The Morgan fingerprint density at radius 3 is 2.81 bits per heavy atom. The first-order valence-electron chi connectivity index (χ1n) is 5.01. The number of rotatable bonds is 2. The van der Waals surface area contributed by atoms with Gasteiger partial charge in [0, 0.05) is 6.42 Å². The standard InChI is InChI=1S/C11H11ClN2O2/c12-7-3-1-2-4-8(7)14-11(16)9-5-6-10(15)13-9/h1-4,9H,5-6H2,(H,13,15)(H,14,16). The number of carbonyl (C=O) groups is 2. The Morgan fingerprint density at radius 2 is 2.19 bits per heavy atom. The number of anilines is 1. The molecule has 1 aromatic carbocycles. The van der Waals surface area contributed by atoms with Crippen molar-refractivity contribution in [1.82, 2.24) is 5.32 Å². The molecule has 1 heterocycles. The van der Waals surface area contributed by atoms with Crippen molar-refractivity contribution in [2.45, 2.75) is 18.9 Å². The lowest BCUT2D eigenvalue weighted by Crippen LogP contribution is -2.37. The lowest BCUT2D eigenvalue weighted by molar-refractivity contribution is -0.122. The quantitative estimate of drug-likeness (QED) is 0.822. The van der Waals surface area contributed by atoms with Gasteiger partial charge in [0.15, 0.2) is 0 Å². The van der Waals surface area contributed by atoms with E-state index in [0.717, 1.165) is 0 Å². The first kappa shape index (κ1) is 11.0. The number of benzene rings is 1. The van der Waals surface area contributed by atoms with Gasteiger partial charge in [0.05, 0.1) is 10.7 Å². The fraction of sp³-hybridized carbons (Fsp3) is 0.273. The van der Waals surface area contributed by atoms with Crippen LogP contribution in [0.5, 0.6) is 0 Å². The SMILES string of the molecule is O=C1CCC(C(=O)Nc2ccccc2Cl)N1. The van der Waals surface area contributed by atoms with Crippen LogP contribution in [0.4, 0.5) is 5.69 Å². The van der Waals surface area contributed by atoms with E-state index in [4.69, 9.17) is 11.6 Å². The molecule has 0 spiro atoms. The third kappa shape index (κ3) is 2.33. The normalized spacial score (nSPS) is 19.3. The van der Waals surface area contributed by atoms with E-state index < -0.39 is 6.04 Å². The zero-order chi connectivity index (χ0) is 11.5. The molecule has 0 saturated carbocycles. The maximum atomic E-state index is 11.7. The van der Waals surface area contributed by atoms with Crippen molar-refractivity contribution >= 4 is 29.1 Å². The van der Waals surface area contributed by atoms with Crippen molar-refractivity contribution in [3.8, 4) is 0 Å². The summed E-state index contributed by atoms with van der Waals surface area (Å²) in [7, 11) is 0. The summed E-state index contributed by atoms with van der Waals surface area (Å²) in [5.74, 6) is -0.307. The molecule has 1 unspecified atom stereocenters. The molecule has 1 aromatic rings. The minimum absolute atomic E-state index is 0.0840. The number of halogens is 1. The number of carbonyl (C=O) groups excluding carboxylic acids is 2. The Kier molecular flexibility index (Phi) is 3.10. The molecule has 2 N–H and O–H groups in total. The number of para-hydroxylation sites is 1. The van der Waals surface area contributed by atoms with E-state index >= 15 is 0 Å². The highest BCUT2D eigenvalue weighted by Crippen LogP contribution is 2.21. The molecule has 4 nitrogen and oxygen atoms in total. The second kappa shape index (κ2) is 4.53. The van der Waals surface area contributed by atoms with E-state index in [9.17, 15) is 9.59 Å². The summed E-state index contributed by atoms with van der Waals surface area (Å²) < 4.78 is 0. The molecule has 16 heavy (non-hydrogen) atoms. The van der Waals surface area contributed by atoms with Crippen molar-refractivity contribution in [1.29, 1.82) is 0 Å². The minimum Gasteiger partial charge on any atom is -0.344 e. The van der Waals surface area contributed by atoms with Gasteiger partial charge < -0.3 is 10.6 Å². The van der Waals surface area contributed by atoms with Gasteiger partial charge in [-0.1, -0.05) is 23.7 Å². The summed E-state index contributed by atoms with van der Waals surface area (Å²) >= 11 is 5.90. The molecule has 1 saturated heterocycles. The first-order chi connectivity index (χ1) is 7.66. The number of nitrogens with one attached hydrogen (secondary N) is 2. The zero-order valence-electron chi connectivity index (χ0n) is 8.50. The monoisotopic (exact) mass is 238 g/mol. The summed E-state index contributed by atoms with van der Waals surface area (Å²) in [5.41, 5.74) is 0.565. The smallest absolute Gasteiger partial charge is 0.247 e. The molecular weight excluding hydrogens is 228 g/mol. The van der Waals surface area contributed by atoms with Crippen LogP contribution in [0.25, 0.3) is 0 Å². The molecule has 1 aliphatic heterocycles. The number of hydrogen-bond acceptors (Lipinski definition) is 2. The largest absolute Gasteiger partial charge is 0.344 e. The Morgan fingerprint density at radius 1 is 1.44 bits per heavy atom. The predicted molar refractivity (Wildman–Crippen MR) is 61.2 cm³/mol. The minimum atomic E-state index is -0.441. The highest BCUT2D eigenvalue weighted by atomic mass is 35.5. The predicted octanol–water partition coefficient (Wildman–Crippen LogP) is 1.56. The topological polar surface area (TPSA) is 58.2 Å². The molecule has 1 fully saturated rings. The van der Waals surface area contributed by atoms with Crippen LogP contribution >= 0.6 is 11.6 Å². The van der Waals surface area contributed by atoms with Gasteiger partial charge in [-0.05, 0) is 18.6 Å². The maximum Gasteiger partial charge on any atom is 0.247 e. The van der Waals surface area contributed by atoms with Crippen LogP contribution in [0.3, 0.4) is 0 Å². The highest BCUT2D eigenvalue weighted by Gasteiger charge is 2.27. The maximum absolute atomic E-state index is 11.7. The molecule has 0 aromatic heterocycles. The van der Waals surface area contributed by atoms with E-state index in [1.54, 1.807) is 24.3 Å². The molecule has 84 valence electrons. The van der Waals surface area contributed by atoms with Gasteiger partial charge >= 0.3 is 0 Å². The second-order valence-electron chi connectivity index (χ2n) is 3.63. The van der Waals surface area contributed by atoms with Crippen LogP contribution in [-0.4, -0.2) is 17.9 Å². The lowest BCUT2D eigenvalue weighted by Gasteiger charge is -2.11. The van der Waals surface area contributed by atoms with Crippen LogP contribution in [0.2, 0.25) is 5.02 Å². The second-order valence-corrected chi connectivity index (χ2v) is 4.04. The molecule has 2 amide bonds. The Balaban J connectivity index is 2.03. The molecule has 1 aliphatic rings. The summed E-state index contributed by atoms with van der Waals surface area (Å²) in [6.45, 7) is 0. The molecule has 5 heteroatoms. The average molecular weight is 239 g/mol. The number of hydrogen-bond donors (Lipinski definition) is 2. The average Bonchev–Trinajstić information content (AvgIpc) is 2.68. The summed E-state index contributed by atoms with van der Waals surface area (Å²) in [5, 5.41) is 5.77. The molecule has 1 atom stereocenters. The van der Waals surface area contributed by atoms with E-state index in [-0.39, 0.29) is 11.8 Å². The van der Waals surface area contributed by atoms with Crippen molar-refractivity contribution in [2.24, 2.45) is 0 Å². The number of amides is 2. The van der Waals surface area contributed by atoms with Gasteiger partial charge in [-0.15, -0.1) is 0 Å². The van der Waals surface area contributed by atoms with E-state index in [2.05, 4.69) is 10.6 Å². The van der Waals surface area contributed by atoms with Crippen LogP contribution in [-0.2, 0) is 9.59 Å². The van der Waals surface area contributed by atoms with E-state index in [1.165, 1.54) is 0 Å². The molecule has 2 rings (SSSR count). The van der Waals surface area contributed by atoms with Gasteiger partial charge in [-0.25, -0.2) is 0 Å². The third-order valence-corrected chi connectivity index (χ3v) is 2.77. The van der Waals surface area contributed by atoms with Crippen LogP contribution in [0.1, 0.15) is 12.8 Å². The Hall–Kier alpha value is -1.55. The van der Waals surface area contributed by atoms with Gasteiger partial charge in [-0.3, -0.25) is 9.59 Å². The summed E-state index contributed by atoms with van der Waals surface area (Å²) in [6.07, 6.45) is 0.940. The third-order valence-electron chi connectivity index (χ3n) is 2.44. The molecule has 0 radical (unpaired) electrons. The molecule has 0 bridgehead atoms. The van der Waals surface area contributed by atoms with Crippen molar-refractivity contribution in [2.75, 3.05) is 5.32 Å².